The van der Waals surface area contributed by atoms with Crippen molar-refractivity contribution in [3.8, 4) is 0 Å². The average molecular weight is 295 g/mol. The maximum Gasteiger partial charge on any atom is 0.226 e. The Morgan fingerprint density at radius 1 is 1.45 bits per heavy atom. The highest BCUT2D eigenvalue weighted by Crippen LogP contribution is 2.42. The summed E-state index contributed by atoms with van der Waals surface area (Å²) >= 11 is 1.36. The molecule has 0 spiro atoms. The lowest BCUT2D eigenvalue weighted by Gasteiger charge is -2.21. The summed E-state index contributed by atoms with van der Waals surface area (Å²) in [7, 11) is 1.72. The molecule has 3 rings (SSSR count). The monoisotopic (exact) mass is 295 g/mol. The summed E-state index contributed by atoms with van der Waals surface area (Å²) < 4.78 is 26.9. The number of nitrogens with zero attached hydrogens (tertiary/aromatic N) is 1. The van der Waals surface area contributed by atoms with Gasteiger partial charge in [0.1, 0.15) is 17.5 Å². The minimum Gasteiger partial charge on any atom is -0.365 e. The number of fused-ring (bicyclic) bond motifs is 1. The summed E-state index contributed by atoms with van der Waals surface area (Å²) in [6, 6.07) is 3.42. The standard InChI is InChI=1S/C13H11F2N3OS/c1-16-13-18-12-11(20-13)8(5-10(19)17-12)7-3-2-6(14)4-9(7)15/h2-4,8H,5H2,1H3,(H,16,18)(H,17,19). The van der Waals surface area contributed by atoms with Gasteiger partial charge in [-0.05, 0) is 11.6 Å². The zero-order valence-corrected chi connectivity index (χ0v) is 11.4. The summed E-state index contributed by atoms with van der Waals surface area (Å²) in [4.78, 5) is 16.7. The number of benzene rings is 1. The molecule has 7 heteroatoms. The molecule has 1 atom stereocenters. The molecule has 2 heterocycles. The van der Waals surface area contributed by atoms with Crippen LogP contribution in [0.1, 0.15) is 22.8 Å². The predicted molar refractivity (Wildman–Crippen MR) is 73.1 cm³/mol. The van der Waals surface area contributed by atoms with Crippen LogP contribution < -0.4 is 10.6 Å². The SMILES string of the molecule is CNc1nc2c(s1)C(c1ccc(F)cc1F)CC(=O)N2. The molecule has 0 fully saturated rings. The number of aromatic nitrogens is 1. The molecule has 1 aromatic heterocycles. The molecule has 2 aromatic rings. The van der Waals surface area contributed by atoms with E-state index < -0.39 is 17.6 Å². The number of hydrogen-bond acceptors (Lipinski definition) is 4. The second kappa shape index (κ2) is 4.82. The van der Waals surface area contributed by atoms with Crippen molar-refractivity contribution in [2.24, 2.45) is 0 Å². The number of anilines is 2. The van der Waals surface area contributed by atoms with Crippen LogP contribution in [0.3, 0.4) is 0 Å². The summed E-state index contributed by atoms with van der Waals surface area (Å²) in [5, 5.41) is 6.21. The highest BCUT2D eigenvalue weighted by atomic mass is 32.1. The second-order valence-corrected chi connectivity index (χ2v) is 5.48. The molecule has 104 valence electrons. The number of thiazole rings is 1. The van der Waals surface area contributed by atoms with Crippen molar-refractivity contribution in [3.05, 3.63) is 40.3 Å². The van der Waals surface area contributed by atoms with Gasteiger partial charge in [0.05, 0.1) is 4.88 Å². The fourth-order valence-electron chi connectivity index (χ4n) is 2.26. The minimum atomic E-state index is -0.643. The molecule has 0 bridgehead atoms. The quantitative estimate of drug-likeness (QED) is 0.895. The van der Waals surface area contributed by atoms with Gasteiger partial charge in [-0.1, -0.05) is 17.4 Å². The Hall–Kier alpha value is -2.02. The van der Waals surface area contributed by atoms with Gasteiger partial charge in [-0.3, -0.25) is 4.79 Å². The molecule has 1 amide bonds. The summed E-state index contributed by atoms with van der Waals surface area (Å²) in [6.07, 6.45) is 0.126. The van der Waals surface area contributed by atoms with E-state index in [4.69, 9.17) is 0 Å². The molecule has 1 aliphatic heterocycles. The number of nitrogens with one attached hydrogen (secondary N) is 2. The van der Waals surface area contributed by atoms with Crippen molar-refractivity contribution in [1.29, 1.82) is 0 Å². The van der Waals surface area contributed by atoms with E-state index in [1.165, 1.54) is 23.5 Å². The van der Waals surface area contributed by atoms with E-state index in [0.29, 0.717) is 16.5 Å². The smallest absolute Gasteiger partial charge is 0.226 e. The van der Waals surface area contributed by atoms with Crippen LogP contribution in [0.25, 0.3) is 0 Å². The van der Waals surface area contributed by atoms with Crippen molar-refractivity contribution in [2.45, 2.75) is 12.3 Å². The first kappa shape index (κ1) is 13.0. The largest absolute Gasteiger partial charge is 0.365 e. The molecule has 4 nitrogen and oxygen atoms in total. The molecular weight excluding hydrogens is 284 g/mol. The van der Waals surface area contributed by atoms with Crippen LogP contribution in [-0.2, 0) is 4.79 Å². The fourth-order valence-corrected chi connectivity index (χ4v) is 3.25. The van der Waals surface area contributed by atoms with Crippen molar-refractivity contribution in [3.63, 3.8) is 0 Å². The van der Waals surface area contributed by atoms with E-state index >= 15 is 0 Å². The van der Waals surface area contributed by atoms with Gasteiger partial charge in [0.15, 0.2) is 5.13 Å². The fraction of sp³-hybridized carbons (Fsp3) is 0.231. The van der Waals surface area contributed by atoms with Crippen LogP contribution in [0.15, 0.2) is 18.2 Å². The maximum absolute atomic E-state index is 13.9. The predicted octanol–water partition coefficient (Wildman–Crippen LogP) is 2.94. The van der Waals surface area contributed by atoms with Crippen LogP contribution >= 0.6 is 11.3 Å². The van der Waals surface area contributed by atoms with Gasteiger partial charge in [-0.15, -0.1) is 0 Å². The first-order valence-electron chi connectivity index (χ1n) is 6.01. The highest BCUT2D eigenvalue weighted by Gasteiger charge is 2.31. The Bertz CT molecular complexity index is 686. The van der Waals surface area contributed by atoms with E-state index in [1.54, 1.807) is 7.05 Å². The van der Waals surface area contributed by atoms with Gasteiger partial charge < -0.3 is 10.6 Å². The van der Waals surface area contributed by atoms with Crippen LogP contribution in [0.2, 0.25) is 0 Å². The summed E-state index contributed by atoms with van der Waals surface area (Å²) in [5.41, 5.74) is 0.314. The molecule has 0 radical (unpaired) electrons. The van der Waals surface area contributed by atoms with Crippen molar-refractivity contribution in [2.75, 3.05) is 17.7 Å². The van der Waals surface area contributed by atoms with Crippen molar-refractivity contribution >= 4 is 28.2 Å². The Kier molecular flexibility index (Phi) is 3.13. The number of rotatable bonds is 2. The Morgan fingerprint density at radius 2 is 2.25 bits per heavy atom. The van der Waals surface area contributed by atoms with Gasteiger partial charge in [0.2, 0.25) is 5.91 Å². The third kappa shape index (κ3) is 2.14. The Morgan fingerprint density at radius 3 is 2.95 bits per heavy atom. The van der Waals surface area contributed by atoms with Crippen LogP contribution in [-0.4, -0.2) is 17.9 Å². The average Bonchev–Trinajstić information content (AvgIpc) is 2.81. The van der Waals surface area contributed by atoms with Crippen LogP contribution in [0, 0.1) is 11.6 Å². The lowest BCUT2D eigenvalue weighted by atomic mass is 9.91. The van der Waals surface area contributed by atoms with Crippen LogP contribution in [0.4, 0.5) is 19.7 Å². The third-order valence-electron chi connectivity index (χ3n) is 3.17. The summed E-state index contributed by atoms with van der Waals surface area (Å²) in [5.74, 6) is -1.48. The van der Waals surface area contributed by atoms with Gasteiger partial charge >= 0.3 is 0 Å². The minimum absolute atomic E-state index is 0.126. The molecule has 1 unspecified atom stereocenters. The zero-order valence-electron chi connectivity index (χ0n) is 10.5. The Labute approximate surface area is 117 Å². The first-order valence-corrected chi connectivity index (χ1v) is 6.83. The second-order valence-electron chi connectivity index (χ2n) is 4.45. The third-order valence-corrected chi connectivity index (χ3v) is 4.36. The molecule has 2 N–H and O–H groups in total. The lowest BCUT2D eigenvalue weighted by molar-refractivity contribution is -0.116. The number of amides is 1. The Balaban J connectivity index is 2.10. The zero-order chi connectivity index (χ0) is 14.3. The van der Waals surface area contributed by atoms with E-state index in [2.05, 4.69) is 15.6 Å². The van der Waals surface area contributed by atoms with Crippen molar-refractivity contribution < 1.29 is 13.6 Å². The maximum atomic E-state index is 13.9. The van der Waals surface area contributed by atoms with Gasteiger partial charge in [0, 0.05) is 25.5 Å². The summed E-state index contributed by atoms with van der Waals surface area (Å²) in [6.45, 7) is 0. The first-order chi connectivity index (χ1) is 9.58. The lowest BCUT2D eigenvalue weighted by Crippen LogP contribution is -2.23. The van der Waals surface area contributed by atoms with E-state index in [9.17, 15) is 13.6 Å². The normalized spacial score (nSPS) is 17.6. The molecule has 1 aromatic carbocycles. The van der Waals surface area contributed by atoms with Gasteiger partial charge in [0.25, 0.3) is 0 Å². The van der Waals surface area contributed by atoms with E-state index in [0.717, 1.165) is 10.9 Å². The number of hydrogen-bond donors (Lipinski definition) is 2. The molecule has 0 saturated heterocycles. The number of carbonyl (C=O) groups excluding carboxylic acids is 1. The highest BCUT2D eigenvalue weighted by molar-refractivity contribution is 7.16. The van der Waals surface area contributed by atoms with Gasteiger partial charge in [-0.2, -0.15) is 0 Å². The van der Waals surface area contributed by atoms with E-state index in [-0.39, 0.29) is 12.3 Å². The number of halogens is 2. The van der Waals surface area contributed by atoms with Crippen molar-refractivity contribution in [1.82, 2.24) is 4.98 Å². The molecule has 0 aliphatic carbocycles. The molecular formula is C13H11F2N3OS. The number of carbonyl (C=O) groups is 1. The van der Waals surface area contributed by atoms with Crippen LogP contribution in [0.5, 0.6) is 0 Å². The molecule has 1 aliphatic rings. The van der Waals surface area contributed by atoms with E-state index in [1.807, 2.05) is 0 Å². The molecule has 20 heavy (non-hydrogen) atoms. The molecule has 0 saturated carbocycles. The topological polar surface area (TPSA) is 54.0 Å². The van der Waals surface area contributed by atoms with Gasteiger partial charge in [-0.25, -0.2) is 13.8 Å².